The number of nitrogens with two attached hydrogens (primary N) is 1. The van der Waals surface area contributed by atoms with Crippen LogP contribution in [0.15, 0.2) is 30.6 Å². The van der Waals surface area contributed by atoms with Crippen LogP contribution in [0.5, 0.6) is 0 Å². The molecular weight excluding hydrogens is 164 g/mol. The van der Waals surface area contributed by atoms with E-state index in [1.54, 1.807) is 11.0 Å². The van der Waals surface area contributed by atoms with E-state index in [0.29, 0.717) is 5.95 Å². The predicted octanol–water partition coefficient (Wildman–Crippen LogP) is 1.16. The topological polar surface area (TPSA) is 56.7 Å². The summed E-state index contributed by atoms with van der Waals surface area (Å²) in [6.45, 7) is 2.04. The second kappa shape index (κ2) is 2.90. The average Bonchev–Trinajstić information content (AvgIpc) is 2.53. The Bertz CT molecular complexity index is 402. The fourth-order valence-electron chi connectivity index (χ4n) is 1.10. The van der Waals surface area contributed by atoms with Gasteiger partial charge in [-0.3, -0.25) is 0 Å². The molecule has 2 rings (SSSR count). The van der Waals surface area contributed by atoms with E-state index in [0.717, 1.165) is 5.69 Å². The fraction of sp³-hybridized carbons (Fsp3) is 0.111. The molecule has 0 saturated carbocycles. The molecule has 0 bridgehead atoms. The molecule has 4 heteroatoms. The van der Waals surface area contributed by atoms with Gasteiger partial charge in [-0.15, -0.1) is 5.10 Å². The number of rotatable bonds is 1. The van der Waals surface area contributed by atoms with Crippen LogP contribution < -0.4 is 5.73 Å². The monoisotopic (exact) mass is 174 g/mol. The molecule has 0 aliphatic heterocycles. The van der Waals surface area contributed by atoms with Crippen LogP contribution in [-0.2, 0) is 0 Å². The van der Waals surface area contributed by atoms with Crippen LogP contribution in [0.3, 0.4) is 0 Å². The molecule has 0 radical (unpaired) electrons. The molecule has 1 aromatic carbocycles. The Morgan fingerprint density at radius 1 is 1.23 bits per heavy atom. The van der Waals surface area contributed by atoms with E-state index in [-0.39, 0.29) is 0 Å². The van der Waals surface area contributed by atoms with Crippen LogP contribution in [0.25, 0.3) is 5.69 Å². The number of nitrogen functional groups attached to an aromatic ring is 1. The lowest BCUT2D eigenvalue weighted by Crippen LogP contribution is -1.95. The molecule has 0 aliphatic carbocycles. The molecule has 13 heavy (non-hydrogen) atoms. The van der Waals surface area contributed by atoms with Crippen molar-refractivity contribution in [3.63, 3.8) is 0 Å². The van der Waals surface area contributed by atoms with Gasteiger partial charge >= 0.3 is 0 Å². The highest BCUT2D eigenvalue weighted by Crippen LogP contribution is 2.07. The number of aromatic nitrogens is 3. The van der Waals surface area contributed by atoms with Crippen LogP contribution in [0, 0.1) is 6.92 Å². The van der Waals surface area contributed by atoms with Gasteiger partial charge in [-0.1, -0.05) is 17.7 Å². The van der Waals surface area contributed by atoms with E-state index in [9.17, 15) is 0 Å². The molecule has 1 heterocycles. The Kier molecular flexibility index (Phi) is 1.73. The highest BCUT2D eigenvalue weighted by Gasteiger charge is 1.97. The van der Waals surface area contributed by atoms with Crippen molar-refractivity contribution in [3.8, 4) is 5.69 Å². The SMILES string of the molecule is Cc1ccc(-n2cnc(N)n2)cc1. The molecule has 0 fully saturated rings. The zero-order valence-electron chi connectivity index (χ0n) is 7.31. The highest BCUT2D eigenvalue weighted by atomic mass is 15.4. The molecule has 4 nitrogen and oxygen atoms in total. The van der Waals surface area contributed by atoms with Crippen LogP contribution in [0.1, 0.15) is 5.56 Å². The summed E-state index contributed by atoms with van der Waals surface area (Å²) in [7, 11) is 0. The number of hydrogen-bond acceptors (Lipinski definition) is 3. The molecule has 0 atom stereocenters. The van der Waals surface area contributed by atoms with E-state index < -0.39 is 0 Å². The average molecular weight is 174 g/mol. The largest absolute Gasteiger partial charge is 0.366 e. The van der Waals surface area contributed by atoms with Crippen LogP contribution in [-0.4, -0.2) is 14.8 Å². The minimum atomic E-state index is 0.292. The van der Waals surface area contributed by atoms with Crippen LogP contribution in [0.4, 0.5) is 5.95 Å². The number of benzene rings is 1. The lowest BCUT2D eigenvalue weighted by Gasteiger charge is -1.99. The molecule has 0 aliphatic rings. The number of nitrogens with zero attached hydrogens (tertiary/aromatic N) is 3. The third-order valence-corrected chi connectivity index (χ3v) is 1.81. The Labute approximate surface area is 76.0 Å². The first-order chi connectivity index (χ1) is 6.25. The van der Waals surface area contributed by atoms with Crippen molar-refractivity contribution in [2.45, 2.75) is 6.92 Å². The molecule has 0 amide bonds. The maximum atomic E-state index is 5.40. The van der Waals surface area contributed by atoms with Crippen molar-refractivity contribution in [2.75, 3.05) is 5.73 Å². The van der Waals surface area contributed by atoms with Gasteiger partial charge in [0.05, 0.1) is 5.69 Å². The molecule has 1 aromatic heterocycles. The first-order valence-corrected chi connectivity index (χ1v) is 4.00. The smallest absolute Gasteiger partial charge is 0.239 e. The van der Waals surface area contributed by atoms with Gasteiger partial charge in [-0.05, 0) is 19.1 Å². The molecule has 66 valence electrons. The van der Waals surface area contributed by atoms with Gasteiger partial charge in [0.15, 0.2) is 0 Å². The third kappa shape index (κ3) is 1.51. The van der Waals surface area contributed by atoms with Gasteiger partial charge < -0.3 is 5.73 Å². The van der Waals surface area contributed by atoms with Crippen LogP contribution in [0.2, 0.25) is 0 Å². The Hall–Kier alpha value is -1.84. The maximum Gasteiger partial charge on any atom is 0.239 e. The Balaban J connectivity index is 2.41. The predicted molar refractivity (Wildman–Crippen MR) is 50.5 cm³/mol. The van der Waals surface area contributed by atoms with Crippen molar-refractivity contribution in [1.82, 2.24) is 14.8 Å². The summed E-state index contributed by atoms with van der Waals surface area (Å²) < 4.78 is 1.65. The van der Waals surface area contributed by atoms with Crippen LogP contribution >= 0.6 is 0 Å². The van der Waals surface area contributed by atoms with Crippen molar-refractivity contribution in [3.05, 3.63) is 36.2 Å². The summed E-state index contributed by atoms with van der Waals surface area (Å²) in [5, 5.41) is 3.99. The van der Waals surface area contributed by atoms with E-state index in [2.05, 4.69) is 10.1 Å². The van der Waals surface area contributed by atoms with Gasteiger partial charge in [-0.2, -0.15) is 0 Å². The Morgan fingerprint density at radius 3 is 2.46 bits per heavy atom. The molecule has 2 aromatic rings. The first kappa shape index (κ1) is 7.79. The zero-order chi connectivity index (χ0) is 9.26. The second-order valence-electron chi connectivity index (χ2n) is 2.88. The van der Waals surface area contributed by atoms with Gasteiger partial charge in [-0.25, -0.2) is 9.67 Å². The number of hydrogen-bond donors (Lipinski definition) is 1. The standard InChI is InChI=1S/C9H10N4/c1-7-2-4-8(5-3-7)13-6-11-9(10)12-13/h2-6H,1H3,(H2,10,12). The summed E-state index contributed by atoms with van der Waals surface area (Å²) in [6, 6.07) is 7.99. The molecular formula is C9H10N4. The molecule has 2 N–H and O–H groups in total. The van der Waals surface area contributed by atoms with Crippen molar-refractivity contribution >= 4 is 5.95 Å². The summed E-state index contributed by atoms with van der Waals surface area (Å²) >= 11 is 0. The molecule has 0 spiro atoms. The summed E-state index contributed by atoms with van der Waals surface area (Å²) in [5.41, 5.74) is 7.59. The fourth-order valence-corrected chi connectivity index (χ4v) is 1.10. The minimum absolute atomic E-state index is 0.292. The van der Waals surface area contributed by atoms with Crippen molar-refractivity contribution in [2.24, 2.45) is 0 Å². The van der Waals surface area contributed by atoms with Gasteiger partial charge in [0, 0.05) is 0 Å². The van der Waals surface area contributed by atoms with Gasteiger partial charge in [0.2, 0.25) is 5.95 Å². The van der Waals surface area contributed by atoms with E-state index in [4.69, 9.17) is 5.73 Å². The van der Waals surface area contributed by atoms with E-state index >= 15 is 0 Å². The Morgan fingerprint density at radius 2 is 1.92 bits per heavy atom. The lowest BCUT2D eigenvalue weighted by atomic mass is 10.2. The van der Waals surface area contributed by atoms with Gasteiger partial charge in [0.1, 0.15) is 6.33 Å². The summed E-state index contributed by atoms with van der Waals surface area (Å²) in [6.07, 6.45) is 1.60. The highest BCUT2D eigenvalue weighted by molar-refractivity contribution is 5.33. The summed E-state index contributed by atoms with van der Waals surface area (Å²) in [5.74, 6) is 0.292. The maximum absolute atomic E-state index is 5.40. The van der Waals surface area contributed by atoms with Gasteiger partial charge in [0.25, 0.3) is 0 Å². The second-order valence-corrected chi connectivity index (χ2v) is 2.88. The first-order valence-electron chi connectivity index (χ1n) is 4.00. The summed E-state index contributed by atoms with van der Waals surface area (Å²) in [4.78, 5) is 3.85. The normalized spacial score (nSPS) is 10.2. The lowest BCUT2D eigenvalue weighted by molar-refractivity contribution is 0.883. The molecule has 0 saturated heterocycles. The number of anilines is 1. The minimum Gasteiger partial charge on any atom is -0.366 e. The number of aryl methyl sites for hydroxylation is 1. The third-order valence-electron chi connectivity index (χ3n) is 1.81. The van der Waals surface area contributed by atoms with E-state index in [1.165, 1.54) is 5.56 Å². The van der Waals surface area contributed by atoms with Crippen molar-refractivity contribution < 1.29 is 0 Å². The zero-order valence-corrected chi connectivity index (χ0v) is 7.31. The quantitative estimate of drug-likeness (QED) is 0.705. The van der Waals surface area contributed by atoms with E-state index in [1.807, 2.05) is 31.2 Å². The van der Waals surface area contributed by atoms with Crippen molar-refractivity contribution in [1.29, 1.82) is 0 Å². The molecule has 0 unspecified atom stereocenters.